The molecule has 1 aliphatic heterocycles. The first-order valence-corrected chi connectivity index (χ1v) is 10.8. The average Bonchev–Trinajstić information content (AvgIpc) is 3.01. The van der Waals surface area contributed by atoms with Crippen molar-refractivity contribution in [2.75, 3.05) is 25.1 Å². The van der Waals surface area contributed by atoms with Crippen LogP contribution in [0.3, 0.4) is 0 Å². The molecule has 0 fully saturated rings. The number of rotatable bonds is 4. The van der Waals surface area contributed by atoms with Crippen molar-refractivity contribution in [3.05, 3.63) is 93.5 Å². The van der Waals surface area contributed by atoms with E-state index in [1.807, 2.05) is 38.1 Å². The normalized spacial score (nSPS) is 12.9. The van der Waals surface area contributed by atoms with Gasteiger partial charge >= 0.3 is 0 Å². The lowest BCUT2D eigenvalue weighted by molar-refractivity contribution is 0.0961. The maximum atomic E-state index is 13.6. The van der Waals surface area contributed by atoms with E-state index in [4.69, 9.17) is 4.74 Å². The van der Waals surface area contributed by atoms with Crippen LogP contribution in [-0.4, -0.2) is 32.0 Å². The SMILES string of the molecule is CNC(=O)c1ccc(Cc2cc3c(c(C)c2C)OCCN(c2ccccc2C#N)C3=O)cc1. The molecule has 4 rings (SSSR count). The summed E-state index contributed by atoms with van der Waals surface area (Å²) in [6.45, 7) is 4.71. The molecule has 0 saturated carbocycles. The number of amides is 2. The Kier molecular flexibility index (Phi) is 6.14. The van der Waals surface area contributed by atoms with Crippen LogP contribution in [0.5, 0.6) is 5.75 Å². The molecule has 166 valence electrons. The number of benzene rings is 3. The van der Waals surface area contributed by atoms with Gasteiger partial charge in [0.2, 0.25) is 0 Å². The van der Waals surface area contributed by atoms with Crippen molar-refractivity contribution < 1.29 is 14.3 Å². The summed E-state index contributed by atoms with van der Waals surface area (Å²) >= 11 is 0. The minimum Gasteiger partial charge on any atom is -0.491 e. The standard InChI is InChI=1S/C27H25N3O3/c1-17-18(2)25-23(15-22(17)14-19-8-10-20(11-9-19)26(31)29-3)27(32)30(12-13-33-25)24-7-5-4-6-21(24)16-28/h4-11,15H,12-14H2,1-3H3,(H,29,31). The van der Waals surface area contributed by atoms with E-state index >= 15 is 0 Å². The van der Waals surface area contributed by atoms with Gasteiger partial charge in [0.25, 0.3) is 11.8 Å². The molecule has 0 aromatic heterocycles. The lowest BCUT2D eigenvalue weighted by Gasteiger charge is -2.22. The minimum atomic E-state index is -0.176. The molecule has 33 heavy (non-hydrogen) atoms. The zero-order valence-corrected chi connectivity index (χ0v) is 18.9. The molecule has 3 aromatic rings. The van der Waals surface area contributed by atoms with Gasteiger partial charge in [0.05, 0.1) is 23.4 Å². The van der Waals surface area contributed by atoms with Crippen LogP contribution in [0.2, 0.25) is 0 Å². The van der Waals surface area contributed by atoms with Gasteiger partial charge in [0.15, 0.2) is 0 Å². The van der Waals surface area contributed by atoms with Gasteiger partial charge in [-0.05, 0) is 72.9 Å². The second kappa shape index (κ2) is 9.17. The number of nitrogens with zero attached hydrogens (tertiary/aromatic N) is 2. The fourth-order valence-electron chi connectivity index (χ4n) is 4.15. The largest absolute Gasteiger partial charge is 0.491 e. The van der Waals surface area contributed by atoms with E-state index in [2.05, 4.69) is 11.4 Å². The Hall–Kier alpha value is -4.11. The fraction of sp³-hybridized carbons (Fsp3) is 0.222. The molecular formula is C27H25N3O3. The maximum absolute atomic E-state index is 13.6. The van der Waals surface area contributed by atoms with E-state index in [1.165, 1.54) is 0 Å². The smallest absolute Gasteiger partial charge is 0.262 e. The van der Waals surface area contributed by atoms with Gasteiger partial charge in [-0.2, -0.15) is 5.26 Å². The van der Waals surface area contributed by atoms with Crippen molar-refractivity contribution in [2.45, 2.75) is 20.3 Å². The Balaban J connectivity index is 1.72. The van der Waals surface area contributed by atoms with Crippen LogP contribution in [0.15, 0.2) is 54.6 Å². The number of fused-ring (bicyclic) bond motifs is 1. The van der Waals surface area contributed by atoms with Gasteiger partial charge < -0.3 is 15.0 Å². The predicted molar refractivity (Wildman–Crippen MR) is 127 cm³/mol. The van der Waals surface area contributed by atoms with Gasteiger partial charge in [0, 0.05) is 12.6 Å². The molecular weight excluding hydrogens is 414 g/mol. The van der Waals surface area contributed by atoms with Crippen molar-refractivity contribution in [3.63, 3.8) is 0 Å². The molecule has 0 atom stereocenters. The van der Waals surface area contributed by atoms with E-state index in [0.29, 0.717) is 47.7 Å². The van der Waals surface area contributed by atoms with Crippen molar-refractivity contribution >= 4 is 17.5 Å². The summed E-state index contributed by atoms with van der Waals surface area (Å²) in [5.41, 5.74) is 6.22. The van der Waals surface area contributed by atoms with Crippen LogP contribution in [0.25, 0.3) is 0 Å². The Morgan fingerprint density at radius 3 is 2.55 bits per heavy atom. The van der Waals surface area contributed by atoms with E-state index in [1.54, 1.807) is 42.3 Å². The first kappa shape index (κ1) is 22.1. The lowest BCUT2D eigenvalue weighted by atomic mass is 9.93. The van der Waals surface area contributed by atoms with Crippen molar-refractivity contribution in [1.29, 1.82) is 5.26 Å². The highest BCUT2D eigenvalue weighted by Crippen LogP contribution is 2.34. The summed E-state index contributed by atoms with van der Waals surface area (Å²) in [7, 11) is 1.61. The van der Waals surface area contributed by atoms with Crippen molar-refractivity contribution in [3.8, 4) is 11.8 Å². The summed E-state index contributed by atoms with van der Waals surface area (Å²) in [4.78, 5) is 27.1. The number of para-hydroxylation sites is 1. The molecule has 2 amide bonds. The molecule has 0 aliphatic carbocycles. The summed E-state index contributed by atoms with van der Waals surface area (Å²) in [5.74, 6) is 0.303. The second-order valence-electron chi connectivity index (χ2n) is 8.05. The fourth-order valence-corrected chi connectivity index (χ4v) is 4.15. The molecule has 6 nitrogen and oxygen atoms in total. The zero-order valence-electron chi connectivity index (χ0n) is 18.9. The summed E-state index contributed by atoms with van der Waals surface area (Å²) in [6.07, 6.45) is 0.621. The lowest BCUT2D eigenvalue weighted by Crippen LogP contribution is -2.33. The molecule has 0 bridgehead atoms. The first-order chi connectivity index (χ1) is 15.9. The molecule has 1 heterocycles. The number of carbonyl (C=O) groups excluding carboxylic acids is 2. The summed E-state index contributed by atoms with van der Waals surface area (Å²) in [5, 5.41) is 12.1. The van der Waals surface area contributed by atoms with E-state index < -0.39 is 0 Å². The van der Waals surface area contributed by atoms with Crippen LogP contribution in [0.1, 0.15) is 48.5 Å². The third-order valence-corrected chi connectivity index (χ3v) is 6.14. The Labute approximate surface area is 193 Å². The van der Waals surface area contributed by atoms with Gasteiger partial charge in [0.1, 0.15) is 18.4 Å². The Bertz CT molecular complexity index is 1270. The van der Waals surface area contributed by atoms with Gasteiger partial charge in [-0.25, -0.2) is 0 Å². The number of hydrogen-bond acceptors (Lipinski definition) is 4. The topological polar surface area (TPSA) is 82.4 Å². The van der Waals surface area contributed by atoms with Crippen LogP contribution in [-0.2, 0) is 6.42 Å². The van der Waals surface area contributed by atoms with Crippen LogP contribution in [0.4, 0.5) is 5.69 Å². The van der Waals surface area contributed by atoms with Gasteiger partial charge in [-0.1, -0.05) is 24.3 Å². The molecule has 1 aliphatic rings. The van der Waals surface area contributed by atoms with Crippen molar-refractivity contribution in [2.24, 2.45) is 0 Å². The molecule has 3 aromatic carbocycles. The molecule has 0 unspecified atom stereocenters. The zero-order chi connectivity index (χ0) is 23.5. The highest BCUT2D eigenvalue weighted by molar-refractivity contribution is 6.09. The molecule has 6 heteroatoms. The third-order valence-electron chi connectivity index (χ3n) is 6.14. The molecule has 0 spiro atoms. The monoisotopic (exact) mass is 439 g/mol. The number of anilines is 1. The van der Waals surface area contributed by atoms with Crippen molar-refractivity contribution in [1.82, 2.24) is 5.32 Å². The minimum absolute atomic E-state index is 0.126. The Morgan fingerprint density at radius 1 is 1.12 bits per heavy atom. The van der Waals surface area contributed by atoms with E-state index in [9.17, 15) is 14.9 Å². The maximum Gasteiger partial charge on any atom is 0.262 e. The summed E-state index contributed by atoms with van der Waals surface area (Å²) in [6, 6.07) is 18.7. The number of nitriles is 1. The predicted octanol–water partition coefficient (Wildman–Crippen LogP) is 4.16. The number of ether oxygens (including phenoxy) is 1. The van der Waals surface area contributed by atoms with Crippen LogP contribution in [0, 0.1) is 25.2 Å². The summed E-state index contributed by atoms with van der Waals surface area (Å²) < 4.78 is 6.03. The van der Waals surface area contributed by atoms with E-state index in [-0.39, 0.29) is 11.8 Å². The van der Waals surface area contributed by atoms with Gasteiger partial charge in [-0.15, -0.1) is 0 Å². The highest BCUT2D eigenvalue weighted by atomic mass is 16.5. The number of carbonyl (C=O) groups is 2. The number of nitrogens with one attached hydrogen (secondary N) is 1. The van der Waals surface area contributed by atoms with E-state index in [0.717, 1.165) is 22.3 Å². The third kappa shape index (κ3) is 4.18. The van der Waals surface area contributed by atoms with Gasteiger partial charge in [-0.3, -0.25) is 9.59 Å². The molecule has 0 radical (unpaired) electrons. The number of hydrogen-bond donors (Lipinski definition) is 1. The molecule has 0 saturated heterocycles. The van der Waals surface area contributed by atoms with Crippen LogP contribution >= 0.6 is 0 Å². The molecule has 1 N–H and O–H groups in total. The first-order valence-electron chi connectivity index (χ1n) is 10.8. The highest BCUT2D eigenvalue weighted by Gasteiger charge is 2.29. The average molecular weight is 440 g/mol. The quantitative estimate of drug-likeness (QED) is 0.662. The Morgan fingerprint density at radius 2 is 1.85 bits per heavy atom. The second-order valence-corrected chi connectivity index (χ2v) is 8.05. The van der Waals surface area contributed by atoms with Crippen LogP contribution < -0.4 is 15.0 Å².